The zero-order valence-corrected chi connectivity index (χ0v) is 13.4. The summed E-state index contributed by atoms with van der Waals surface area (Å²) in [7, 11) is 0. The Labute approximate surface area is 132 Å². The largest absolute Gasteiger partial charge is 0.396 e. The van der Waals surface area contributed by atoms with Crippen LogP contribution in [0.4, 0.5) is 0 Å². The topological polar surface area (TPSA) is 69.6 Å². The van der Waals surface area contributed by atoms with Gasteiger partial charge in [0.2, 0.25) is 5.91 Å². The van der Waals surface area contributed by atoms with Crippen LogP contribution in [0.3, 0.4) is 0 Å². The summed E-state index contributed by atoms with van der Waals surface area (Å²) >= 11 is 0. The Bertz CT molecular complexity index is 458. The molecule has 1 aromatic carbocycles. The van der Waals surface area contributed by atoms with Crippen LogP contribution in [0.5, 0.6) is 0 Å². The van der Waals surface area contributed by atoms with Crippen molar-refractivity contribution >= 4 is 11.8 Å². The Hall–Kier alpha value is -1.88. The summed E-state index contributed by atoms with van der Waals surface area (Å²) in [5, 5.41) is 11.7. The number of carbonyl (C=O) groups excluding carboxylic acids is 2. The molecule has 0 radical (unpaired) electrons. The van der Waals surface area contributed by atoms with E-state index in [2.05, 4.69) is 5.32 Å². The molecule has 122 valence electrons. The summed E-state index contributed by atoms with van der Waals surface area (Å²) in [6.45, 7) is 5.18. The van der Waals surface area contributed by atoms with Gasteiger partial charge in [0.25, 0.3) is 5.91 Å². The number of unbranched alkanes of at least 4 members (excludes halogenated alkanes) is 1. The molecular weight excluding hydrogens is 280 g/mol. The van der Waals surface area contributed by atoms with Crippen molar-refractivity contribution in [1.82, 2.24) is 10.2 Å². The molecule has 0 fully saturated rings. The molecule has 22 heavy (non-hydrogen) atoms. The lowest BCUT2D eigenvalue weighted by molar-refractivity contribution is -0.133. The minimum absolute atomic E-state index is 0.0628. The van der Waals surface area contributed by atoms with Gasteiger partial charge >= 0.3 is 0 Å². The quantitative estimate of drug-likeness (QED) is 0.684. The van der Waals surface area contributed by atoms with Crippen LogP contribution in [-0.4, -0.2) is 47.6 Å². The number of carbonyl (C=O) groups is 2. The number of aliphatic hydroxyl groups is 1. The molecule has 0 aromatic heterocycles. The number of rotatable bonds is 9. The number of nitrogens with zero attached hydrogens (tertiary/aromatic N) is 1. The molecule has 5 heteroatoms. The summed E-state index contributed by atoms with van der Waals surface area (Å²) in [5.41, 5.74) is 0.544. The fraction of sp³-hybridized carbons (Fsp3) is 0.529. The average molecular weight is 306 g/mol. The van der Waals surface area contributed by atoms with Crippen molar-refractivity contribution in [2.75, 3.05) is 19.7 Å². The zero-order valence-electron chi connectivity index (χ0n) is 13.4. The molecule has 1 unspecified atom stereocenters. The van der Waals surface area contributed by atoms with Crippen molar-refractivity contribution < 1.29 is 14.7 Å². The maximum absolute atomic E-state index is 12.5. The zero-order chi connectivity index (χ0) is 16.4. The summed E-state index contributed by atoms with van der Waals surface area (Å²) < 4.78 is 0. The fourth-order valence-electron chi connectivity index (χ4n) is 2.30. The van der Waals surface area contributed by atoms with Gasteiger partial charge in [-0.2, -0.15) is 0 Å². The molecule has 0 aliphatic carbocycles. The second-order valence-electron chi connectivity index (χ2n) is 5.12. The molecule has 0 spiro atoms. The lowest BCUT2D eigenvalue weighted by Gasteiger charge is -2.26. The van der Waals surface area contributed by atoms with Crippen LogP contribution >= 0.6 is 0 Å². The van der Waals surface area contributed by atoms with E-state index in [1.807, 2.05) is 19.9 Å². The predicted molar refractivity (Wildman–Crippen MR) is 86.6 cm³/mol. The Balaban J connectivity index is 2.76. The third kappa shape index (κ3) is 5.48. The van der Waals surface area contributed by atoms with E-state index in [1.54, 1.807) is 29.2 Å². The van der Waals surface area contributed by atoms with Crippen molar-refractivity contribution in [3.8, 4) is 0 Å². The minimum Gasteiger partial charge on any atom is -0.396 e. The van der Waals surface area contributed by atoms with Gasteiger partial charge in [0.05, 0.1) is 0 Å². The van der Waals surface area contributed by atoms with Crippen molar-refractivity contribution in [3.63, 3.8) is 0 Å². The van der Waals surface area contributed by atoms with Gasteiger partial charge in [-0.1, -0.05) is 18.2 Å². The molecule has 0 aliphatic heterocycles. The van der Waals surface area contributed by atoms with E-state index in [-0.39, 0.29) is 18.4 Å². The van der Waals surface area contributed by atoms with Gasteiger partial charge in [0.1, 0.15) is 6.04 Å². The Kier molecular flexibility index (Phi) is 8.22. The van der Waals surface area contributed by atoms with Crippen LogP contribution in [0.25, 0.3) is 0 Å². The number of hydrogen-bond donors (Lipinski definition) is 2. The number of amides is 2. The summed E-state index contributed by atoms with van der Waals surface area (Å²) in [5.74, 6) is -0.303. The van der Waals surface area contributed by atoms with Crippen molar-refractivity contribution in [1.29, 1.82) is 0 Å². The predicted octanol–water partition coefficient (Wildman–Crippen LogP) is 1.82. The summed E-state index contributed by atoms with van der Waals surface area (Å²) in [6, 6.07) is 8.34. The molecule has 0 aliphatic rings. The first-order valence-electron chi connectivity index (χ1n) is 7.89. The highest BCUT2D eigenvalue weighted by molar-refractivity contribution is 5.97. The lowest BCUT2D eigenvalue weighted by Crippen LogP contribution is -2.48. The van der Waals surface area contributed by atoms with E-state index in [9.17, 15) is 9.59 Å². The van der Waals surface area contributed by atoms with Crippen LogP contribution < -0.4 is 5.32 Å². The summed E-state index contributed by atoms with van der Waals surface area (Å²) in [4.78, 5) is 26.5. The molecule has 0 saturated heterocycles. The van der Waals surface area contributed by atoms with E-state index in [0.717, 1.165) is 0 Å². The van der Waals surface area contributed by atoms with Gasteiger partial charge in [0.15, 0.2) is 0 Å². The number of likely N-dealkylation sites (N-methyl/N-ethyl adjacent to an activating group) is 1. The van der Waals surface area contributed by atoms with E-state index < -0.39 is 6.04 Å². The molecule has 0 bridgehead atoms. The average Bonchev–Trinajstić information content (AvgIpc) is 2.55. The fourth-order valence-corrected chi connectivity index (χ4v) is 2.30. The Morgan fingerprint density at radius 3 is 2.32 bits per heavy atom. The molecule has 5 nitrogen and oxygen atoms in total. The van der Waals surface area contributed by atoms with Crippen molar-refractivity contribution in [2.45, 2.75) is 39.2 Å². The van der Waals surface area contributed by atoms with Crippen LogP contribution in [0, 0.1) is 0 Å². The highest BCUT2D eigenvalue weighted by atomic mass is 16.3. The highest BCUT2D eigenvalue weighted by Gasteiger charge is 2.24. The van der Waals surface area contributed by atoms with Crippen LogP contribution in [0.2, 0.25) is 0 Å². The standard InChI is InChI=1S/C17H26N2O3/c1-3-19(4-2)17(22)15(12-8-9-13-20)18-16(21)14-10-6-5-7-11-14/h5-7,10-11,15,20H,3-4,8-9,12-13H2,1-2H3,(H,18,21). The number of aliphatic hydroxyl groups excluding tert-OH is 1. The lowest BCUT2D eigenvalue weighted by atomic mass is 10.1. The molecule has 0 heterocycles. The first kappa shape index (κ1) is 18.2. The number of benzene rings is 1. The van der Waals surface area contributed by atoms with E-state index >= 15 is 0 Å². The van der Waals surface area contributed by atoms with Crippen molar-refractivity contribution in [2.24, 2.45) is 0 Å². The van der Waals surface area contributed by atoms with Gasteiger partial charge < -0.3 is 15.3 Å². The Morgan fingerprint density at radius 2 is 1.77 bits per heavy atom. The van der Waals surface area contributed by atoms with Gasteiger partial charge in [-0.05, 0) is 45.2 Å². The van der Waals surface area contributed by atoms with Crippen LogP contribution in [0.15, 0.2) is 30.3 Å². The highest BCUT2D eigenvalue weighted by Crippen LogP contribution is 2.07. The summed E-state index contributed by atoms with van der Waals surface area (Å²) in [6.07, 6.45) is 1.86. The molecule has 2 N–H and O–H groups in total. The minimum atomic E-state index is -0.542. The first-order valence-corrected chi connectivity index (χ1v) is 7.89. The second-order valence-corrected chi connectivity index (χ2v) is 5.12. The molecular formula is C17H26N2O3. The van der Waals surface area contributed by atoms with Gasteiger partial charge in [-0.3, -0.25) is 9.59 Å². The van der Waals surface area contributed by atoms with Crippen LogP contribution in [0.1, 0.15) is 43.5 Å². The van der Waals surface area contributed by atoms with Gasteiger partial charge in [0, 0.05) is 25.3 Å². The van der Waals surface area contributed by atoms with Crippen LogP contribution in [-0.2, 0) is 4.79 Å². The molecule has 1 atom stereocenters. The smallest absolute Gasteiger partial charge is 0.251 e. The van der Waals surface area contributed by atoms with E-state index in [4.69, 9.17) is 5.11 Å². The second kappa shape index (κ2) is 9.95. The van der Waals surface area contributed by atoms with E-state index in [0.29, 0.717) is 37.9 Å². The first-order chi connectivity index (χ1) is 10.6. The van der Waals surface area contributed by atoms with Crippen molar-refractivity contribution in [3.05, 3.63) is 35.9 Å². The molecule has 0 saturated carbocycles. The van der Waals surface area contributed by atoms with E-state index in [1.165, 1.54) is 0 Å². The van der Waals surface area contributed by atoms with Gasteiger partial charge in [-0.15, -0.1) is 0 Å². The monoisotopic (exact) mass is 306 g/mol. The molecule has 1 aromatic rings. The van der Waals surface area contributed by atoms with Gasteiger partial charge in [-0.25, -0.2) is 0 Å². The molecule has 2 amide bonds. The third-order valence-corrected chi connectivity index (χ3v) is 3.62. The molecule has 1 rings (SSSR count). The number of hydrogen-bond acceptors (Lipinski definition) is 3. The Morgan fingerprint density at radius 1 is 1.14 bits per heavy atom. The normalized spacial score (nSPS) is 11.8. The third-order valence-electron chi connectivity index (χ3n) is 3.62. The maximum Gasteiger partial charge on any atom is 0.251 e. The maximum atomic E-state index is 12.5. The SMILES string of the molecule is CCN(CC)C(=O)C(CCCCO)NC(=O)c1ccccc1. The number of nitrogens with one attached hydrogen (secondary N) is 1.